The Bertz CT molecular complexity index is 642. The van der Waals surface area contributed by atoms with Crippen molar-refractivity contribution in [2.45, 2.75) is 26.5 Å². The molecule has 0 aliphatic rings. The van der Waals surface area contributed by atoms with Crippen LogP contribution in [-0.4, -0.2) is 22.1 Å². The number of rotatable bonds is 5. The molecule has 0 bridgehead atoms. The van der Waals surface area contributed by atoms with E-state index in [9.17, 15) is 9.59 Å². The van der Waals surface area contributed by atoms with Gasteiger partial charge in [0, 0.05) is 6.54 Å². The van der Waals surface area contributed by atoms with Gasteiger partial charge in [0.15, 0.2) is 5.58 Å². The van der Waals surface area contributed by atoms with Crippen LogP contribution in [0.2, 0.25) is 0 Å². The van der Waals surface area contributed by atoms with Crippen molar-refractivity contribution >= 4 is 17.0 Å². The average molecular weight is 264 g/mol. The number of nitrogens with zero attached hydrogens (tertiary/aromatic N) is 1. The Hall–Kier alpha value is -2.08. The maximum atomic E-state index is 11.7. The summed E-state index contributed by atoms with van der Waals surface area (Å²) in [7, 11) is 0. The third kappa shape index (κ3) is 2.85. The monoisotopic (exact) mass is 264 g/mol. The number of aromatic nitrogens is 1. The largest absolute Gasteiger partial charge is 0.420 e. The first-order chi connectivity index (χ1) is 9.15. The first-order valence-corrected chi connectivity index (χ1v) is 6.15. The SMILES string of the molecule is CCCNC(=O)Cn1c(=O)oc2ccc(CO)cc21. The molecule has 1 amide bonds. The summed E-state index contributed by atoms with van der Waals surface area (Å²) in [5, 5.41) is 11.8. The molecule has 0 spiro atoms. The molecule has 1 aromatic carbocycles. The van der Waals surface area contributed by atoms with Crippen LogP contribution in [0.1, 0.15) is 18.9 Å². The van der Waals surface area contributed by atoms with Crippen molar-refractivity contribution in [2.75, 3.05) is 6.54 Å². The van der Waals surface area contributed by atoms with Crippen LogP contribution in [0.4, 0.5) is 0 Å². The zero-order chi connectivity index (χ0) is 13.8. The van der Waals surface area contributed by atoms with Crippen molar-refractivity contribution in [1.29, 1.82) is 0 Å². The van der Waals surface area contributed by atoms with E-state index in [2.05, 4.69) is 5.32 Å². The molecule has 0 aliphatic heterocycles. The fraction of sp³-hybridized carbons (Fsp3) is 0.385. The summed E-state index contributed by atoms with van der Waals surface area (Å²) in [6, 6.07) is 4.93. The van der Waals surface area contributed by atoms with E-state index < -0.39 is 5.76 Å². The number of oxazole rings is 1. The van der Waals surface area contributed by atoms with Crippen molar-refractivity contribution < 1.29 is 14.3 Å². The molecule has 0 atom stereocenters. The van der Waals surface area contributed by atoms with E-state index in [4.69, 9.17) is 9.52 Å². The van der Waals surface area contributed by atoms with Crippen LogP contribution >= 0.6 is 0 Å². The van der Waals surface area contributed by atoms with Gasteiger partial charge in [0.1, 0.15) is 6.54 Å². The second-order valence-electron chi connectivity index (χ2n) is 4.26. The number of benzene rings is 1. The summed E-state index contributed by atoms with van der Waals surface area (Å²) >= 11 is 0. The van der Waals surface area contributed by atoms with Crippen LogP contribution in [0.25, 0.3) is 11.1 Å². The molecule has 2 rings (SSSR count). The lowest BCUT2D eigenvalue weighted by Gasteiger charge is -2.04. The topological polar surface area (TPSA) is 84.5 Å². The lowest BCUT2D eigenvalue weighted by atomic mass is 10.2. The number of carbonyl (C=O) groups is 1. The normalized spacial score (nSPS) is 10.8. The highest BCUT2D eigenvalue weighted by molar-refractivity contribution is 5.79. The van der Waals surface area contributed by atoms with Crippen LogP contribution in [0.3, 0.4) is 0 Å². The highest BCUT2D eigenvalue weighted by Crippen LogP contribution is 2.15. The standard InChI is InChI=1S/C13H16N2O4/c1-2-5-14-12(17)7-15-10-6-9(8-16)3-4-11(10)19-13(15)18/h3-4,6,16H,2,5,7-8H2,1H3,(H,14,17). The zero-order valence-electron chi connectivity index (χ0n) is 10.7. The Kier molecular flexibility index (Phi) is 4.01. The molecule has 0 saturated carbocycles. The van der Waals surface area contributed by atoms with Gasteiger partial charge in [-0.3, -0.25) is 9.36 Å². The van der Waals surface area contributed by atoms with Gasteiger partial charge in [-0.05, 0) is 24.1 Å². The van der Waals surface area contributed by atoms with Crippen molar-refractivity contribution in [3.8, 4) is 0 Å². The molecule has 6 nitrogen and oxygen atoms in total. The van der Waals surface area contributed by atoms with E-state index in [0.29, 0.717) is 23.2 Å². The third-order valence-corrected chi connectivity index (χ3v) is 2.79. The lowest BCUT2D eigenvalue weighted by molar-refractivity contribution is -0.121. The second kappa shape index (κ2) is 5.71. The first-order valence-electron chi connectivity index (χ1n) is 6.15. The number of hydrogen-bond donors (Lipinski definition) is 2. The summed E-state index contributed by atoms with van der Waals surface area (Å²) in [4.78, 5) is 23.4. The molecule has 2 N–H and O–H groups in total. The summed E-state index contributed by atoms with van der Waals surface area (Å²) in [5.41, 5.74) is 1.59. The number of carbonyl (C=O) groups excluding carboxylic acids is 1. The van der Waals surface area contributed by atoms with E-state index in [-0.39, 0.29) is 19.1 Å². The fourth-order valence-electron chi connectivity index (χ4n) is 1.82. The van der Waals surface area contributed by atoms with Crippen LogP contribution in [0.5, 0.6) is 0 Å². The number of nitrogens with one attached hydrogen (secondary N) is 1. The molecular formula is C13H16N2O4. The fourth-order valence-corrected chi connectivity index (χ4v) is 1.82. The van der Waals surface area contributed by atoms with Crippen molar-refractivity contribution in [3.63, 3.8) is 0 Å². The van der Waals surface area contributed by atoms with Gasteiger partial charge < -0.3 is 14.8 Å². The smallest absolute Gasteiger partial charge is 0.408 e. The Labute approximate surface area is 109 Å². The average Bonchev–Trinajstić information content (AvgIpc) is 2.72. The molecule has 102 valence electrons. The van der Waals surface area contributed by atoms with Crippen LogP contribution < -0.4 is 11.1 Å². The molecule has 0 unspecified atom stereocenters. The Morgan fingerprint density at radius 2 is 2.26 bits per heavy atom. The molecule has 6 heteroatoms. The number of aliphatic hydroxyl groups excluding tert-OH is 1. The molecule has 0 fully saturated rings. The quantitative estimate of drug-likeness (QED) is 0.828. The van der Waals surface area contributed by atoms with E-state index in [1.807, 2.05) is 6.92 Å². The zero-order valence-corrected chi connectivity index (χ0v) is 10.7. The van der Waals surface area contributed by atoms with E-state index in [0.717, 1.165) is 6.42 Å². The van der Waals surface area contributed by atoms with Gasteiger partial charge >= 0.3 is 5.76 Å². The van der Waals surface area contributed by atoms with E-state index in [1.54, 1.807) is 18.2 Å². The number of aliphatic hydroxyl groups is 1. The number of fused-ring (bicyclic) bond motifs is 1. The summed E-state index contributed by atoms with van der Waals surface area (Å²) in [5.74, 6) is -0.808. The number of hydrogen-bond acceptors (Lipinski definition) is 4. The second-order valence-corrected chi connectivity index (χ2v) is 4.26. The van der Waals surface area contributed by atoms with E-state index >= 15 is 0 Å². The van der Waals surface area contributed by atoms with Gasteiger partial charge in [0.25, 0.3) is 0 Å². The molecule has 2 aromatic rings. The molecule has 0 aliphatic carbocycles. The van der Waals surface area contributed by atoms with Gasteiger partial charge in [-0.2, -0.15) is 0 Å². The Morgan fingerprint density at radius 1 is 1.47 bits per heavy atom. The maximum Gasteiger partial charge on any atom is 0.420 e. The molecule has 1 aromatic heterocycles. The van der Waals surface area contributed by atoms with Crippen LogP contribution in [0, 0.1) is 0 Å². The lowest BCUT2D eigenvalue weighted by Crippen LogP contribution is -2.31. The highest BCUT2D eigenvalue weighted by Gasteiger charge is 2.12. The maximum absolute atomic E-state index is 11.7. The molecule has 0 saturated heterocycles. The predicted octanol–water partition coefficient (Wildman–Crippen LogP) is 0.613. The third-order valence-electron chi connectivity index (χ3n) is 2.79. The van der Waals surface area contributed by atoms with Gasteiger partial charge in [-0.15, -0.1) is 0 Å². The summed E-state index contributed by atoms with van der Waals surface area (Å²) < 4.78 is 6.31. The summed E-state index contributed by atoms with van der Waals surface area (Å²) in [6.45, 7) is 2.32. The first kappa shape index (κ1) is 13.4. The van der Waals surface area contributed by atoms with Crippen LogP contribution in [0.15, 0.2) is 27.4 Å². The van der Waals surface area contributed by atoms with Crippen molar-refractivity contribution in [1.82, 2.24) is 9.88 Å². The van der Waals surface area contributed by atoms with Crippen LogP contribution in [-0.2, 0) is 17.9 Å². The predicted molar refractivity (Wildman–Crippen MR) is 69.7 cm³/mol. The van der Waals surface area contributed by atoms with Gasteiger partial charge in [0.05, 0.1) is 12.1 Å². The molecule has 1 heterocycles. The highest BCUT2D eigenvalue weighted by atomic mass is 16.4. The van der Waals surface area contributed by atoms with Gasteiger partial charge in [-0.25, -0.2) is 4.79 Å². The Morgan fingerprint density at radius 3 is 2.95 bits per heavy atom. The minimum absolute atomic E-state index is 0.0826. The van der Waals surface area contributed by atoms with Gasteiger partial charge in [0.2, 0.25) is 5.91 Å². The van der Waals surface area contributed by atoms with Crippen molar-refractivity contribution in [3.05, 3.63) is 34.3 Å². The minimum Gasteiger partial charge on any atom is -0.408 e. The Balaban J connectivity index is 2.33. The molecule has 0 radical (unpaired) electrons. The summed E-state index contributed by atoms with van der Waals surface area (Å²) in [6.07, 6.45) is 0.835. The van der Waals surface area contributed by atoms with Crippen molar-refractivity contribution in [2.24, 2.45) is 0 Å². The minimum atomic E-state index is -0.572. The molecular weight excluding hydrogens is 248 g/mol. The van der Waals surface area contributed by atoms with Gasteiger partial charge in [-0.1, -0.05) is 13.0 Å². The molecule has 19 heavy (non-hydrogen) atoms. The van der Waals surface area contributed by atoms with E-state index in [1.165, 1.54) is 4.57 Å². The number of amides is 1.